The molecule has 3 nitrogen and oxygen atoms in total. The SMILES string of the molecule is CC(C)(C)C1(C(C)(C)C)CNC(=O)N1. The summed E-state index contributed by atoms with van der Waals surface area (Å²) in [5, 5.41) is 5.97. The van der Waals surface area contributed by atoms with Gasteiger partial charge in [-0.1, -0.05) is 41.5 Å². The molecule has 3 heteroatoms. The Labute approximate surface area is 86.6 Å². The fraction of sp³-hybridized carbons (Fsp3) is 0.909. The number of rotatable bonds is 0. The van der Waals surface area contributed by atoms with Gasteiger partial charge in [-0.05, 0) is 10.8 Å². The Kier molecular flexibility index (Phi) is 2.33. The van der Waals surface area contributed by atoms with E-state index in [4.69, 9.17) is 0 Å². The first-order valence-corrected chi connectivity index (χ1v) is 5.16. The zero-order chi connectivity index (χ0) is 11.2. The van der Waals surface area contributed by atoms with Crippen LogP contribution < -0.4 is 10.6 Å². The molecule has 0 spiro atoms. The average Bonchev–Trinajstić information content (AvgIpc) is 2.28. The van der Waals surface area contributed by atoms with Crippen LogP contribution in [-0.2, 0) is 0 Å². The summed E-state index contributed by atoms with van der Waals surface area (Å²) < 4.78 is 0. The van der Waals surface area contributed by atoms with E-state index in [0.29, 0.717) is 6.54 Å². The Morgan fingerprint density at radius 3 is 1.64 bits per heavy atom. The highest BCUT2D eigenvalue weighted by atomic mass is 16.2. The average molecular weight is 198 g/mol. The molecule has 0 aliphatic carbocycles. The summed E-state index contributed by atoms with van der Waals surface area (Å²) in [6, 6.07) is -0.0464. The van der Waals surface area contributed by atoms with Gasteiger partial charge in [-0.25, -0.2) is 4.79 Å². The number of amides is 2. The molecule has 82 valence electrons. The van der Waals surface area contributed by atoms with Crippen LogP contribution in [0.15, 0.2) is 0 Å². The number of nitrogens with one attached hydrogen (secondary N) is 2. The van der Waals surface area contributed by atoms with E-state index in [0.717, 1.165) is 0 Å². The van der Waals surface area contributed by atoms with E-state index >= 15 is 0 Å². The lowest BCUT2D eigenvalue weighted by Crippen LogP contribution is -2.62. The molecule has 1 heterocycles. The minimum absolute atomic E-state index is 0.0460. The highest BCUT2D eigenvalue weighted by Crippen LogP contribution is 2.44. The summed E-state index contributed by atoms with van der Waals surface area (Å²) in [5.41, 5.74) is -0.0775. The van der Waals surface area contributed by atoms with Gasteiger partial charge in [0.2, 0.25) is 0 Å². The Hall–Kier alpha value is -0.730. The molecule has 2 N–H and O–H groups in total. The topological polar surface area (TPSA) is 41.1 Å². The van der Waals surface area contributed by atoms with Gasteiger partial charge in [0, 0.05) is 6.54 Å². The molecule has 1 aliphatic heterocycles. The lowest BCUT2D eigenvalue weighted by atomic mass is 9.60. The first-order chi connectivity index (χ1) is 6.10. The fourth-order valence-electron chi connectivity index (χ4n) is 2.53. The highest BCUT2D eigenvalue weighted by Gasteiger charge is 2.54. The first kappa shape index (κ1) is 11.3. The van der Waals surface area contributed by atoms with Gasteiger partial charge in [0.25, 0.3) is 0 Å². The third-order valence-electron chi connectivity index (χ3n) is 3.40. The van der Waals surface area contributed by atoms with E-state index in [1.54, 1.807) is 0 Å². The van der Waals surface area contributed by atoms with Crippen LogP contribution in [0.3, 0.4) is 0 Å². The number of hydrogen-bond donors (Lipinski definition) is 2. The van der Waals surface area contributed by atoms with Crippen LogP contribution in [0.25, 0.3) is 0 Å². The predicted octanol–water partition coefficient (Wildman–Crippen LogP) is 2.13. The molecule has 1 aliphatic rings. The van der Waals surface area contributed by atoms with Crippen molar-refractivity contribution in [3.8, 4) is 0 Å². The van der Waals surface area contributed by atoms with Gasteiger partial charge in [0.1, 0.15) is 0 Å². The van der Waals surface area contributed by atoms with Gasteiger partial charge >= 0.3 is 6.03 Å². The zero-order valence-electron chi connectivity index (χ0n) is 10.1. The largest absolute Gasteiger partial charge is 0.336 e. The van der Waals surface area contributed by atoms with Crippen LogP contribution in [-0.4, -0.2) is 18.1 Å². The predicted molar refractivity (Wildman–Crippen MR) is 58.2 cm³/mol. The standard InChI is InChI=1S/C11H22N2O/c1-9(2,3)11(10(4,5)6)7-12-8(14)13-11/h7H2,1-6H3,(H2,12,13,14). The summed E-state index contributed by atoms with van der Waals surface area (Å²) in [4.78, 5) is 11.3. The molecule has 1 rings (SSSR count). The van der Waals surface area contributed by atoms with Gasteiger partial charge in [-0.15, -0.1) is 0 Å². The van der Waals surface area contributed by atoms with Crippen LogP contribution in [0.4, 0.5) is 4.79 Å². The van der Waals surface area contributed by atoms with Crippen molar-refractivity contribution in [1.29, 1.82) is 0 Å². The Morgan fingerprint density at radius 1 is 1.07 bits per heavy atom. The Balaban J connectivity index is 3.12. The molecule has 0 bridgehead atoms. The third kappa shape index (κ3) is 1.49. The van der Waals surface area contributed by atoms with Crippen molar-refractivity contribution in [2.75, 3.05) is 6.54 Å². The van der Waals surface area contributed by atoms with Crippen molar-refractivity contribution in [3.05, 3.63) is 0 Å². The van der Waals surface area contributed by atoms with Crippen LogP contribution in [0, 0.1) is 10.8 Å². The second kappa shape index (κ2) is 2.88. The van der Waals surface area contributed by atoms with Gasteiger partial charge in [0.15, 0.2) is 0 Å². The van der Waals surface area contributed by atoms with Crippen LogP contribution >= 0.6 is 0 Å². The zero-order valence-corrected chi connectivity index (χ0v) is 10.1. The molecule has 0 saturated carbocycles. The van der Waals surface area contributed by atoms with Crippen molar-refractivity contribution in [1.82, 2.24) is 10.6 Å². The number of carbonyl (C=O) groups is 1. The maximum absolute atomic E-state index is 11.3. The normalized spacial score (nSPS) is 21.7. The Morgan fingerprint density at radius 2 is 1.50 bits per heavy atom. The second-order valence-electron chi connectivity index (χ2n) is 6.21. The van der Waals surface area contributed by atoms with Crippen LogP contribution in [0.5, 0.6) is 0 Å². The summed E-state index contributed by atoms with van der Waals surface area (Å²) in [5.74, 6) is 0. The van der Waals surface area contributed by atoms with E-state index in [9.17, 15) is 4.79 Å². The molecule has 0 aromatic carbocycles. The minimum Gasteiger partial charge on any atom is -0.336 e. The maximum Gasteiger partial charge on any atom is 0.315 e. The molecule has 14 heavy (non-hydrogen) atoms. The molecular formula is C11H22N2O. The molecule has 0 radical (unpaired) electrons. The van der Waals surface area contributed by atoms with Crippen molar-refractivity contribution >= 4 is 6.03 Å². The Bertz CT molecular complexity index is 231. The second-order valence-corrected chi connectivity index (χ2v) is 6.21. The lowest BCUT2D eigenvalue weighted by molar-refractivity contribution is 0.0542. The molecule has 0 aromatic heterocycles. The van der Waals surface area contributed by atoms with Crippen molar-refractivity contribution in [3.63, 3.8) is 0 Å². The maximum atomic E-state index is 11.3. The number of urea groups is 1. The lowest BCUT2D eigenvalue weighted by Gasteiger charge is -2.50. The highest BCUT2D eigenvalue weighted by molar-refractivity contribution is 5.78. The fourth-order valence-corrected chi connectivity index (χ4v) is 2.53. The third-order valence-corrected chi connectivity index (χ3v) is 3.40. The summed E-state index contributed by atoms with van der Waals surface area (Å²) in [7, 11) is 0. The van der Waals surface area contributed by atoms with Crippen molar-refractivity contribution < 1.29 is 4.79 Å². The molecule has 1 fully saturated rings. The van der Waals surface area contributed by atoms with Crippen molar-refractivity contribution in [2.45, 2.75) is 47.1 Å². The monoisotopic (exact) mass is 198 g/mol. The molecule has 0 unspecified atom stereocenters. The van der Waals surface area contributed by atoms with Crippen LogP contribution in [0.1, 0.15) is 41.5 Å². The van der Waals surface area contributed by atoms with Gasteiger partial charge < -0.3 is 10.6 Å². The molecule has 0 atom stereocenters. The van der Waals surface area contributed by atoms with E-state index in [1.807, 2.05) is 0 Å². The minimum atomic E-state index is -0.170. The molecule has 1 saturated heterocycles. The van der Waals surface area contributed by atoms with Crippen LogP contribution in [0.2, 0.25) is 0 Å². The van der Waals surface area contributed by atoms with Gasteiger partial charge in [-0.3, -0.25) is 0 Å². The van der Waals surface area contributed by atoms with E-state index < -0.39 is 0 Å². The molecule has 0 aromatic rings. The molecular weight excluding hydrogens is 176 g/mol. The number of carbonyl (C=O) groups excluding carboxylic acids is 1. The smallest absolute Gasteiger partial charge is 0.315 e. The molecule has 2 amide bonds. The van der Waals surface area contributed by atoms with E-state index in [2.05, 4.69) is 52.2 Å². The summed E-state index contributed by atoms with van der Waals surface area (Å²) >= 11 is 0. The summed E-state index contributed by atoms with van der Waals surface area (Å²) in [6.07, 6.45) is 0. The number of hydrogen-bond acceptors (Lipinski definition) is 1. The first-order valence-electron chi connectivity index (χ1n) is 5.16. The van der Waals surface area contributed by atoms with Crippen molar-refractivity contribution in [2.24, 2.45) is 10.8 Å². The van der Waals surface area contributed by atoms with E-state index in [-0.39, 0.29) is 22.4 Å². The van der Waals surface area contributed by atoms with Gasteiger partial charge in [0.05, 0.1) is 5.54 Å². The summed E-state index contributed by atoms with van der Waals surface area (Å²) in [6.45, 7) is 13.7. The van der Waals surface area contributed by atoms with E-state index in [1.165, 1.54) is 0 Å². The van der Waals surface area contributed by atoms with Gasteiger partial charge in [-0.2, -0.15) is 0 Å². The quantitative estimate of drug-likeness (QED) is 0.615.